The molecule has 2 N–H and O–H groups in total. The number of hydrogen-bond donors (Lipinski definition) is 2. The van der Waals surface area contributed by atoms with E-state index in [9.17, 15) is 4.79 Å². The van der Waals surface area contributed by atoms with Crippen molar-refractivity contribution in [3.05, 3.63) is 107 Å². The fraction of sp³-hybridized carbons (Fsp3) is 0.167. The molecule has 0 fully saturated rings. The third-order valence-corrected chi connectivity index (χ3v) is 7.02. The molecule has 5 rings (SSSR count). The summed E-state index contributed by atoms with van der Waals surface area (Å²) in [6.07, 6.45) is 12.7. The molecule has 5 aromatic rings. The lowest BCUT2D eigenvalue weighted by atomic mass is 10.1. The van der Waals surface area contributed by atoms with E-state index in [1.165, 1.54) is 0 Å². The van der Waals surface area contributed by atoms with Crippen molar-refractivity contribution < 1.29 is 9.53 Å². The topological polar surface area (TPSA) is 107 Å². The Balaban J connectivity index is 1.19. The second kappa shape index (κ2) is 13.2. The number of amides is 1. The fourth-order valence-electron chi connectivity index (χ4n) is 4.01. The maximum atomic E-state index is 13.0. The number of carbonyl (C=O) groups excluding carboxylic acids is 1. The lowest BCUT2D eigenvalue weighted by Gasteiger charge is -2.13. The lowest BCUT2D eigenvalue weighted by molar-refractivity contribution is 0.102. The monoisotopic (exact) mass is 645 g/mol. The molecule has 0 saturated carbocycles. The Hall–Kier alpha value is -4.32. The Morgan fingerprint density at radius 1 is 1.02 bits per heavy atom. The first kappa shape index (κ1) is 27.3. The minimum absolute atomic E-state index is 0.200. The molecule has 202 valence electrons. The number of ether oxygens (including phenoxy) is 1. The quantitative estimate of drug-likeness (QED) is 0.125. The summed E-state index contributed by atoms with van der Waals surface area (Å²) in [6, 6.07) is 16.8. The Kier molecular flexibility index (Phi) is 8.96. The van der Waals surface area contributed by atoms with Gasteiger partial charge < -0.3 is 19.9 Å². The number of nitrogens with one attached hydrogen (secondary N) is 2. The van der Waals surface area contributed by atoms with Crippen LogP contribution in [0.2, 0.25) is 0 Å². The molecule has 10 heteroatoms. The zero-order chi connectivity index (χ0) is 27.7. The molecule has 0 aliphatic rings. The van der Waals surface area contributed by atoms with Gasteiger partial charge in [0.05, 0.1) is 22.2 Å². The van der Waals surface area contributed by atoms with Crippen molar-refractivity contribution in [3.63, 3.8) is 0 Å². The van der Waals surface area contributed by atoms with Gasteiger partial charge in [0.1, 0.15) is 5.75 Å². The number of pyridine rings is 1. The number of imidazole rings is 1. The molecule has 0 unspecified atom stereocenters. The Labute approximate surface area is 246 Å². The predicted molar refractivity (Wildman–Crippen MR) is 164 cm³/mol. The molecule has 0 bridgehead atoms. The van der Waals surface area contributed by atoms with E-state index >= 15 is 0 Å². The minimum atomic E-state index is -0.200. The molecule has 3 heterocycles. The average molecular weight is 646 g/mol. The Morgan fingerprint density at radius 3 is 2.75 bits per heavy atom. The normalized spacial score (nSPS) is 10.8. The van der Waals surface area contributed by atoms with E-state index in [1.54, 1.807) is 30.9 Å². The lowest BCUT2D eigenvalue weighted by Crippen LogP contribution is -2.13. The Bertz CT molecular complexity index is 1580. The highest BCUT2D eigenvalue weighted by Gasteiger charge is 2.12. The highest BCUT2D eigenvalue weighted by Crippen LogP contribution is 2.26. The van der Waals surface area contributed by atoms with Crippen molar-refractivity contribution in [3.8, 4) is 17.0 Å². The van der Waals surface area contributed by atoms with Crippen LogP contribution in [0.15, 0.2) is 91.9 Å². The standard InChI is InChI=1S/C30H28IN7O2/c1-21-6-8-24(18-27(21)37-30-34-12-10-26(36-30)23-5-4-11-32-19-23)35-29(39)22-7-9-28(25(31)17-22)40-16-3-2-14-38-15-13-33-20-38/h4-13,15,17-20H,2-3,14,16H2,1H3,(H,35,39)(H,34,36,37). The molecular weight excluding hydrogens is 617 g/mol. The first-order chi connectivity index (χ1) is 19.5. The molecule has 9 nitrogen and oxygen atoms in total. The summed E-state index contributed by atoms with van der Waals surface area (Å²) in [4.78, 5) is 30.2. The van der Waals surface area contributed by atoms with Crippen LogP contribution in [0.5, 0.6) is 5.75 Å². The van der Waals surface area contributed by atoms with Crippen LogP contribution in [0.4, 0.5) is 17.3 Å². The molecule has 0 saturated heterocycles. The van der Waals surface area contributed by atoms with Crippen LogP contribution in [0.1, 0.15) is 28.8 Å². The van der Waals surface area contributed by atoms with Crippen molar-refractivity contribution >= 4 is 45.8 Å². The number of aromatic nitrogens is 5. The SMILES string of the molecule is Cc1ccc(NC(=O)c2ccc(OCCCCn3ccnc3)c(I)c2)cc1Nc1nccc(-c2cccnc2)n1. The maximum absolute atomic E-state index is 13.0. The van der Waals surface area contributed by atoms with Crippen LogP contribution >= 0.6 is 22.6 Å². The van der Waals surface area contributed by atoms with Crippen LogP contribution in [-0.2, 0) is 6.54 Å². The van der Waals surface area contributed by atoms with E-state index < -0.39 is 0 Å². The predicted octanol–water partition coefficient (Wildman–Crippen LogP) is 6.50. The number of aryl methyl sites for hydroxylation is 2. The van der Waals surface area contributed by atoms with E-state index in [0.717, 1.165) is 51.2 Å². The molecule has 0 aliphatic carbocycles. The molecule has 0 spiro atoms. The highest BCUT2D eigenvalue weighted by atomic mass is 127. The number of rotatable bonds is 11. The second-order valence-electron chi connectivity index (χ2n) is 9.12. The van der Waals surface area contributed by atoms with Crippen LogP contribution in [-0.4, -0.2) is 37.0 Å². The number of unbranched alkanes of at least 4 members (excludes halogenated alkanes) is 1. The molecule has 1 amide bonds. The van der Waals surface area contributed by atoms with Crippen molar-refractivity contribution in [1.29, 1.82) is 0 Å². The summed E-state index contributed by atoms with van der Waals surface area (Å²) in [5.41, 5.74) is 4.68. The van der Waals surface area contributed by atoms with Gasteiger partial charge in [-0.2, -0.15) is 0 Å². The van der Waals surface area contributed by atoms with Gasteiger partial charge in [-0.15, -0.1) is 0 Å². The van der Waals surface area contributed by atoms with Gasteiger partial charge in [0.2, 0.25) is 5.95 Å². The van der Waals surface area contributed by atoms with E-state index in [4.69, 9.17) is 4.74 Å². The first-order valence-electron chi connectivity index (χ1n) is 12.9. The number of nitrogens with zero attached hydrogens (tertiary/aromatic N) is 5. The van der Waals surface area contributed by atoms with Gasteiger partial charge in [0.25, 0.3) is 5.91 Å². The third kappa shape index (κ3) is 7.20. The van der Waals surface area contributed by atoms with Gasteiger partial charge >= 0.3 is 0 Å². The summed E-state index contributed by atoms with van der Waals surface area (Å²) in [5.74, 6) is 1.03. The van der Waals surface area contributed by atoms with Crippen LogP contribution in [0.25, 0.3) is 11.3 Å². The van der Waals surface area contributed by atoms with Crippen LogP contribution in [0, 0.1) is 10.5 Å². The summed E-state index contributed by atoms with van der Waals surface area (Å²) < 4.78 is 8.88. The zero-order valence-corrected chi connectivity index (χ0v) is 24.1. The highest BCUT2D eigenvalue weighted by molar-refractivity contribution is 14.1. The molecule has 2 aromatic carbocycles. The molecule has 0 radical (unpaired) electrons. The molecule has 0 atom stereocenters. The van der Waals surface area contributed by atoms with Gasteiger partial charge in [-0.25, -0.2) is 15.0 Å². The number of halogens is 1. The van der Waals surface area contributed by atoms with Crippen LogP contribution < -0.4 is 15.4 Å². The number of benzene rings is 2. The summed E-state index contributed by atoms with van der Waals surface area (Å²) in [7, 11) is 0. The first-order valence-corrected chi connectivity index (χ1v) is 13.9. The van der Waals surface area contributed by atoms with Crippen molar-refractivity contribution in [2.75, 3.05) is 17.2 Å². The van der Waals surface area contributed by atoms with Gasteiger partial charge in [-0.3, -0.25) is 9.78 Å². The van der Waals surface area contributed by atoms with Crippen molar-refractivity contribution in [2.45, 2.75) is 26.3 Å². The van der Waals surface area contributed by atoms with Crippen molar-refractivity contribution in [2.24, 2.45) is 0 Å². The smallest absolute Gasteiger partial charge is 0.255 e. The second-order valence-corrected chi connectivity index (χ2v) is 10.3. The summed E-state index contributed by atoms with van der Waals surface area (Å²) in [6.45, 7) is 3.52. The van der Waals surface area contributed by atoms with E-state index in [0.29, 0.717) is 23.8 Å². The van der Waals surface area contributed by atoms with Crippen molar-refractivity contribution in [1.82, 2.24) is 24.5 Å². The molecule has 0 aliphatic heterocycles. The molecule has 40 heavy (non-hydrogen) atoms. The largest absolute Gasteiger partial charge is 0.492 e. The average Bonchev–Trinajstić information content (AvgIpc) is 3.50. The fourth-order valence-corrected chi connectivity index (χ4v) is 4.68. The molecule has 3 aromatic heterocycles. The number of carbonyl (C=O) groups is 1. The van der Waals surface area contributed by atoms with Gasteiger partial charge in [0, 0.05) is 60.0 Å². The van der Waals surface area contributed by atoms with Gasteiger partial charge in [-0.05, 0) is 96.5 Å². The number of hydrogen-bond acceptors (Lipinski definition) is 7. The van der Waals surface area contributed by atoms with E-state index in [-0.39, 0.29) is 5.91 Å². The van der Waals surface area contributed by atoms with Gasteiger partial charge in [-0.1, -0.05) is 6.07 Å². The maximum Gasteiger partial charge on any atom is 0.255 e. The minimum Gasteiger partial charge on any atom is -0.492 e. The van der Waals surface area contributed by atoms with E-state index in [2.05, 4.69) is 57.7 Å². The summed E-state index contributed by atoms with van der Waals surface area (Å²) >= 11 is 2.20. The third-order valence-electron chi connectivity index (χ3n) is 6.18. The van der Waals surface area contributed by atoms with Crippen LogP contribution in [0.3, 0.4) is 0 Å². The Morgan fingerprint density at radius 2 is 1.95 bits per heavy atom. The van der Waals surface area contributed by atoms with Gasteiger partial charge in [0.15, 0.2) is 0 Å². The van der Waals surface area contributed by atoms with E-state index in [1.807, 2.05) is 68.0 Å². The summed E-state index contributed by atoms with van der Waals surface area (Å²) in [5, 5.41) is 6.26. The molecular formula is C30H28IN7O2. The zero-order valence-electron chi connectivity index (χ0n) is 21.9. The number of anilines is 3.